The van der Waals surface area contributed by atoms with Crippen LogP contribution in [0, 0.1) is 0 Å². The topological polar surface area (TPSA) is 88.5 Å². The number of carbonyl (C=O) groups excluding carboxylic acids is 2. The predicted octanol–water partition coefficient (Wildman–Crippen LogP) is 0.802. The smallest absolute Gasteiger partial charge is 0.265 e. The summed E-state index contributed by atoms with van der Waals surface area (Å²) in [6.45, 7) is 2.66. The Morgan fingerprint density at radius 3 is 2.13 bits per heavy atom. The Balaban J connectivity index is 4.31. The Bertz CT molecular complexity index is 335. The zero-order valence-corrected chi connectivity index (χ0v) is 10.7. The Kier molecular flexibility index (Phi) is 6.49. The minimum atomic E-state index is -4.11. The predicted molar refractivity (Wildman–Crippen MR) is 61.6 cm³/mol. The molecule has 1 atom stereocenters. The third-order valence-electron chi connectivity index (χ3n) is 1.20. The van der Waals surface area contributed by atoms with Crippen molar-refractivity contribution in [2.24, 2.45) is 0 Å². The molecule has 0 aliphatic carbocycles. The van der Waals surface area contributed by atoms with Crippen molar-refractivity contribution in [2.75, 3.05) is 11.5 Å². The molecule has 1 N–H and O–H groups in total. The fourth-order valence-corrected chi connectivity index (χ4v) is 3.81. The molecule has 0 heterocycles. The van der Waals surface area contributed by atoms with Crippen molar-refractivity contribution < 1.29 is 22.6 Å². The van der Waals surface area contributed by atoms with E-state index in [-0.39, 0.29) is 16.0 Å². The molecule has 8 heteroatoms. The number of rotatable bonds is 5. The molecule has 0 spiro atoms. The van der Waals surface area contributed by atoms with Gasteiger partial charge in [0.25, 0.3) is 10.1 Å². The summed E-state index contributed by atoms with van der Waals surface area (Å²) in [5.74, 6) is -0.323. The third-order valence-corrected chi connectivity index (χ3v) is 4.42. The van der Waals surface area contributed by atoms with Gasteiger partial charge in [0.05, 0.1) is 5.75 Å². The lowest BCUT2D eigenvalue weighted by Gasteiger charge is -2.11. The van der Waals surface area contributed by atoms with Gasteiger partial charge in [-0.3, -0.25) is 14.1 Å². The number of carbonyl (C=O) groups is 2. The molecule has 0 fully saturated rings. The highest BCUT2D eigenvalue weighted by Gasteiger charge is 2.20. The van der Waals surface area contributed by atoms with Gasteiger partial charge < -0.3 is 0 Å². The molecule has 0 aromatic rings. The van der Waals surface area contributed by atoms with Crippen molar-refractivity contribution in [3.05, 3.63) is 0 Å². The van der Waals surface area contributed by atoms with Crippen LogP contribution < -0.4 is 0 Å². The summed E-state index contributed by atoms with van der Waals surface area (Å²) in [6.07, 6.45) is 0. The average Bonchev–Trinajstić information content (AvgIpc) is 1.95. The molecule has 0 aliphatic rings. The van der Waals surface area contributed by atoms with Crippen LogP contribution in [-0.4, -0.2) is 40.0 Å². The van der Waals surface area contributed by atoms with Gasteiger partial charge in [-0.2, -0.15) is 8.42 Å². The second-order valence-electron chi connectivity index (χ2n) is 2.78. The molecule has 1 unspecified atom stereocenters. The van der Waals surface area contributed by atoms with Crippen LogP contribution in [0.2, 0.25) is 0 Å². The van der Waals surface area contributed by atoms with Gasteiger partial charge in [0.1, 0.15) is 0 Å². The van der Waals surface area contributed by atoms with Gasteiger partial charge in [-0.25, -0.2) is 0 Å². The van der Waals surface area contributed by atoms with Crippen LogP contribution in [0.25, 0.3) is 0 Å². The van der Waals surface area contributed by atoms with Crippen LogP contribution in [0.4, 0.5) is 0 Å². The fourth-order valence-electron chi connectivity index (χ4n) is 0.796. The van der Waals surface area contributed by atoms with E-state index in [4.69, 9.17) is 4.55 Å². The van der Waals surface area contributed by atoms with Crippen molar-refractivity contribution in [1.82, 2.24) is 0 Å². The van der Waals surface area contributed by atoms with Gasteiger partial charge >= 0.3 is 0 Å². The van der Waals surface area contributed by atoms with Crippen LogP contribution in [-0.2, 0) is 19.7 Å². The van der Waals surface area contributed by atoms with E-state index in [1.807, 2.05) is 0 Å². The molecule has 0 saturated heterocycles. The monoisotopic (exact) mass is 272 g/mol. The molecular formula is C7H12O5S3. The molecule has 0 aliphatic heterocycles. The summed E-state index contributed by atoms with van der Waals surface area (Å²) < 4.78 is 29.8. The van der Waals surface area contributed by atoms with Crippen molar-refractivity contribution in [2.45, 2.75) is 19.1 Å². The average molecular weight is 272 g/mol. The summed E-state index contributed by atoms with van der Waals surface area (Å²) in [6, 6.07) is 0. The second kappa shape index (κ2) is 6.51. The SMILES string of the molecule is CC(=O)SCC(CS(=O)(=O)O)SC(C)=O. The summed E-state index contributed by atoms with van der Waals surface area (Å²) in [7, 11) is -4.11. The maximum absolute atomic E-state index is 10.8. The van der Waals surface area contributed by atoms with E-state index >= 15 is 0 Å². The minimum Gasteiger partial charge on any atom is -0.288 e. The zero-order chi connectivity index (χ0) is 12.1. The van der Waals surface area contributed by atoms with Crippen LogP contribution >= 0.6 is 23.5 Å². The van der Waals surface area contributed by atoms with E-state index in [9.17, 15) is 18.0 Å². The van der Waals surface area contributed by atoms with E-state index in [0.29, 0.717) is 0 Å². The van der Waals surface area contributed by atoms with Crippen LogP contribution in [0.3, 0.4) is 0 Å². The highest BCUT2D eigenvalue weighted by molar-refractivity contribution is 8.17. The van der Waals surface area contributed by atoms with E-state index in [0.717, 1.165) is 23.5 Å². The van der Waals surface area contributed by atoms with Crippen molar-refractivity contribution in [1.29, 1.82) is 0 Å². The number of hydrogen-bond acceptors (Lipinski definition) is 6. The molecule has 5 nitrogen and oxygen atoms in total. The Labute approximate surface area is 97.1 Å². The normalized spacial score (nSPS) is 13.5. The summed E-state index contributed by atoms with van der Waals surface area (Å²) in [4.78, 5) is 21.4. The highest BCUT2D eigenvalue weighted by atomic mass is 32.2. The van der Waals surface area contributed by atoms with Gasteiger partial charge in [0.15, 0.2) is 10.2 Å². The standard InChI is InChI=1S/C7H12O5S3/c1-5(8)13-3-7(14-6(2)9)4-15(10,11)12/h7H,3-4H2,1-2H3,(H,10,11,12). The second-order valence-corrected chi connectivity index (χ2v) is 6.95. The van der Waals surface area contributed by atoms with Gasteiger partial charge in [-0.05, 0) is 0 Å². The first-order valence-corrected chi connectivity index (χ1v) is 7.44. The molecule has 88 valence electrons. The van der Waals surface area contributed by atoms with Crippen molar-refractivity contribution in [3.63, 3.8) is 0 Å². The van der Waals surface area contributed by atoms with Gasteiger partial charge in [0.2, 0.25) is 0 Å². The van der Waals surface area contributed by atoms with Gasteiger partial charge in [-0.1, -0.05) is 23.5 Å². The Morgan fingerprint density at radius 1 is 1.27 bits per heavy atom. The fraction of sp³-hybridized carbons (Fsp3) is 0.714. The summed E-state index contributed by atoms with van der Waals surface area (Å²) in [5, 5.41) is -0.987. The Hall–Kier alpha value is -0.0500. The number of thioether (sulfide) groups is 2. The van der Waals surface area contributed by atoms with E-state index in [1.165, 1.54) is 13.8 Å². The largest absolute Gasteiger partial charge is 0.288 e. The lowest BCUT2D eigenvalue weighted by Crippen LogP contribution is -2.21. The first kappa shape index (κ1) is 14.9. The molecule has 0 bridgehead atoms. The Morgan fingerprint density at radius 2 is 1.80 bits per heavy atom. The highest BCUT2D eigenvalue weighted by Crippen LogP contribution is 2.19. The molecule has 0 aromatic carbocycles. The molecular weight excluding hydrogens is 260 g/mol. The van der Waals surface area contributed by atoms with Crippen LogP contribution in [0.1, 0.15) is 13.8 Å². The van der Waals surface area contributed by atoms with E-state index in [2.05, 4.69) is 0 Å². The van der Waals surface area contributed by atoms with Crippen LogP contribution in [0.5, 0.6) is 0 Å². The van der Waals surface area contributed by atoms with Crippen molar-refractivity contribution in [3.8, 4) is 0 Å². The summed E-state index contributed by atoms with van der Waals surface area (Å²) >= 11 is 1.75. The number of hydrogen-bond donors (Lipinski definition) is 1. The quantitative estimate of drug-likeness (QED) is 0.740. The van der Waals surface area contributed by atoms with Crippen molar-refractivity contribution >= 4 is 43.9 Å². The molecule has 0 radical (unpaired) electrons. The maximum atomic E-state index is 10.8. The molecule has 0 aromatic heterocycles. The lowest BCUT2D eigenvalue weighted by molar-refractivity contribution is -0.110. The molecule has 0 rings (SSSR count). The minimum absolute atomic E-state index is 0.153. The first-order valence-electron chi connectivity index (χ1n) is 3.96. The van der Waals surface area contributed by atoms with E-state index in [1.54, 1.807) is 0 Å². The van der Waals surface area contributed by atoms with Crippen LogP contribution in [0.15, 0.2) is 0 Å². The van der Waals surface area contributed by atoms with E-state index < -0.39 is 21.1 Å². The maximum Gasteiger partial charge on any atom is 0.265 e. The molecule has 0 saturated carbocycles. The lowest BCUT2D eigenvalue weighted by atomic mass is 10.5. The van der Waals surface area contributed by atoms with Gasteiger partial charge in [-0.15, -0.1) is 0 Å². The molecule has 0 amide bonds. The first-order chi connectivity index (χ1) is 6.70. The van der Waals surface area contributed by atoms with Gasteiger partial charge in [0, 0.05) is 24.9 Å². The molecule has 15 heavy (non-hydrogen) atoms. The summed E-state index contributed by atoms with van der Waals surface area (Å²) in [5.41, 5.74) is 0. The third kappa shape index (κ3) is 10.2. The zero-order valence-electron chi connectivity index (χ0n) is 8.30.